The van der Waals surface area contributed by atoms with Crippen LogP contribution in [0, 0.1) is 17.2 Å². The zero-order valence-electron chi connectivity index (χ0n) is 14.8. The minimum atomic E-state index is -0.651. The van der Waals surface area contributed by atoms with Crippen molar-refractivity contribution in [2.75, 3.05) is 11.9 Å². The van der Waals surface area contributed by atoms with E-state index in [0.29, 0.717) is 10.6 Å². The number of allylic oxidation sites excluding steroid dienone is 1. The fourth-order valence-corrected chi connectivity index (χ4v) is 5.70. The van der Waals surface area contributed by atoms with Crippen LogP contribution in [0.5, 0.6) is 0 Å². The molecule has 1 fully saturated rings. The first-order valence-corrected chi connectivity index (χ1v) is 9.99. The second kappa shape index (κ2) is 6.13. The molecule has 0 N–H and O–H groups in total. The van der Waals surface area contributed by atoms with Crippen molar-refractivity contribution in [2.45, 2.75) is 16.9 Å². The van der Waals surface area contributed by atoms with Crippen molar-refractivity contribution in [2.24, 2.45) is 5.92 Å². The molecule has 2 aromatic rings. The quantitative estimate of drug-likeness (QED) is 0.673. The third-order valence-electron chi connectivity index (χ3n) is 5.62. The van der Waals surface area contributed by atoms with Gasteiger partial charge in [-0.05, 0) is 29.8 Å². The predicted molar refractivity (Wildman–Crippen MR) is 107 cm³/mol. The summed E-state index contributed by atoms with van der Waals surface area (Å²) in [4.78, 5) is 30.2. The second-order valence-electron chi connectivity index (χ2n) is 7.01. The standard InChI is InChI=1S/C21H14ClN3O2S/c1-24-19(26)17-16(11-6-8-12(22)9-7-11)13(10-23)21-25(18(17)20(24)27)14-4-2-3-5-15(14)28-21/h2-9,16-18H,1H3/t16-,17-,18+/m1/s1. The maximum absolute atomic E-state index is 13.1. The van der Waals surface area contributed by atoms with Crippen LogP contribution in [0.15, 0.2) is 64.0 Å². The molecular weight excluding hydrogens is 394 g/mol. The summed E-state index contributed by atoms with van der Waals surface area (Å²) >= 11 is 7.52. The molecule has 2 aromatic carbocycles. The molecule has 7 heteroatoms. The normalized spacial score (nSPS) is 25.5. The van der Waals surface area contributed by atoms with Gasteiger partial charge in [-0.25, -0.2) is 0 Å². The number of benzene rings is 2. The summed E-state index contributed by atoms with van der Waals surface area (Å²) in [6.07, 6.45) is 0. The fourth-order valence-electron chi connectivity index (χ4n) is 4.36. The van der Waals surface area contributed by atoms with Crippen LogP contribution in [0.2, 0.25) is 5.02 Å². The molecule has 0 aliphatic carbocycles. The summed E-state index contributed by atoms with van der Waals surface area (Å²) in [5.74, 6) is -1.62. The summed E-state index contributed by atoms with van der Waals surface area (Å²) < 4.78 is 0. The number of nitrogens with zero attached hydrogens (tertiary/aromatic N) is 3. The number of amides is 2. The third-order valence-corrected chi connectivity index (χ3v) is 7.05. The number of carbonyl (C=O) groups is 2. The van der Waals surface area contributed by atoms with Gasteiger partial charge in [0.15, 0.2) is 0 Å². The van der Waals surface area contributed by atoms with Crippen LogP contribution in [-0.4, -0.2) is 29.8 Å². The summed E-state index contributed by atoms with van der Waals surface area (Å²) in [6.45, 7) is 0. The van der Waals surface area contributed by atoms with E-state index in [-0.39, 0.29) is 11.8 Å². The lowest BCUT2D eigenvalue weighted by molar-refractivity contribution is -0.137. The Morgan fingerprint density at radius 2 is 1.79 bits per heavy atom. The summed E-state index contributed by atoms with van der Waals surface area (Å²) in [5, 5.41) is 11.4. The van der Waals surface area contributed by atoms with Gasteiger partial charge in [0, 0.05) is 22.9 Å². The Morgan fingerprint density at radius 1 is 1.07 bits per heavy atom. The first-order valence-electron chi connectivity index (χ1n) is 8.80. The number of likely N-dealkylation sites (tertiary alicyclic amines) is 1. The molecular formula is C21H14ClN3O2S. The van der Waals surface area contributed by atoms with Crippen LogP contribution in [0.3, 0.4) is 0 Å². The molecule has 0 spiro atoms. The van der Waals surface area contributed by atoms with Crippen LogP contribution < -0.4 is 4.90 Å². The number of nitriles is 1. The van der Waals surface area contributed by atoms with E-state index in [4.69, 9.17) is 11.6 Å². The molecule has 3 heterocycles. The highest BCUT2D eigenvalue weighted by Crippen LogP contribution is 2.57. The smallest absolute Gasteiger partial charge is 0.252 e. The lowest BCUT2D eigenvalue weighted by Gasteiger charge is -2.38. The van der Waals surface area contributed by atoms with E-state index >= 15 is 0 Å². The largest absolute Gasteiger partial charge is 0.321 e. The number of fused-ring (bicyclic) bond motifs is 5. The van der Waals surface area contributed by atoms with Gasteiger partial charge in [-0.2, -0.15) is 5.26 Å². The second-order valence-corrected chi connectivity index (χ2v) is 8.47. The van der Waals surface area contributed by atoms with Gasteiger partial charge in [0.2, 0.25) is 5.91 Å². The van der Waals surface area contributed by atoms with Gasteiger partial charge in [-0.3, -0.25) is 14.5 Å². The molecule has 1 saturated heterocycles. The number of rotatable bonds is 1. The van der Waals surface area contributed by atoms with Crippen molar-refractivity contribution >= 4 is 40.9 Å². The predicted octanol–water partition coefficient (Wildman–Crippen LogP) is 3.77. The molecule has 138 valence electrons. The van der Waals surface area contributed by atoms with Crippen molar-refractivity contribution in [3.63, 3.8) is 0 Å². The molecule has 28 heavy (non-hydrogen) atoms. The molecule has 0 saturated carbocycles. The summed E-state index contributed by atoms with van der Waals surface area (Å²) in [6, 6.07) is 16.6. The van der Waals surface area contributed by atoms with Crippen molar-refractivity contribution in [3.05, 3.63) is 69.7 Å². The topological polar surface area (TPSA) is 64.4 Å². The van der Waals surface area contributed by atoms with Gasteiger partial charge in [-0.15, -0.1) is 0 Å². The van der Waals surface area contributed by atoms with Crippen LogP contribution >= 0.6 is 23.4 Å². The number of likely N-dealkylation sites (N-methyl/N-ethyl adjacent to an activating group) is 1. The Labute approximate surface area is 171 Å². The van der Waals surface area contributed by atoms with Gasteiger partial charge in [0.05, 0.1) is 28.3 Å². The van der Waals surface area contributed by atoms with E-state index in [1.165, 1.54) is 23.7 Å². The fraction of sp³-hybridized carbons (Fsp3) is 0.190. The molecule has 3 aliphatic heterocycles. The maximum atomic E-state index is 13.1. The minimum absolute atomic E-state index is 0.235. The van der Waals surface area contributed by atoms with Crippen LogP contribution in [0.4, 0.5) is 5.69 Å². The lowest BCUT2D eigenvalue weighted by Crippen LogP contribution is -2.47. The van der Waals surface area contributed by atoms with E-state index < -0.39 is 17.9 Å². The molecule has 0 aromatic heterocycles. The number of para-hydroxylation sites is 1. The highest BCUT2D eigenvalue weighted by Gasteiger charge is 2.59. The van der Waals surface area contributed by atoms with Crippen molar-refractivity contribution in [1.82, 2.24) is 4.90 Å². The zero-order valence-corrected chi connectivity index (χ0v) is 16.4. The number of hydrogen-bond acceptors (Lipinski definition) is 5. The number of halogens is 1. The first-order chi connectivity index (χ1) is 13.5. The summed E-state index contributed by atoms with van der Waals surface area (Å²) in [5.41, 5.74) is 2.20. The van der Waals surface area contributed by atoms with E-state index in [1.54, 1.807) is 12.1 Å². The van der Waals surface area contributed by atoms with Crippen molar-refractivity contribution < 1.29 is 9.59 Å². The Morgan fingerprint density at radius 3 is 2.50 bits per heavy atom. The van der Waals surface area contributed by atoms with Crippen molar-refractivity contribution in [3.8, 4) is 6.07 Å². The van der Waals surface area contributed by atoms with E-state index in [2.05, 4.69) is 6.07 Å². The van der Waals surface area contributed by atoms with Gasteiger partial charge in [0.25, 0.3) is 5.91 Å². The number of hydrogen-bond donors (Lipinski definition) is 0. The first kappa shape index (κ1) is 17.4. The Hall–Kier alpha value is -2.75. The average Bonchev–Trinajstić information content (AvgIpc) is 3.19. The van der Waals surface area contributed by atoms with E-state index in [1.807, 2.05) is 41.3 Å². The Bertz CT molecular complexity index is 1110. The highest BCUT2D eigenvalue weighted by atomic mass is 35.5. The van der Waals surface area contributed by atoms with Gasteiger partial charge in [-0.1, -0.05) is 47.6 Å². The Balaban J connectivity index is 1.78. The van der Waals surface area contributed by atoms with Crippen LogP contribution in [0.25, 0.3) is 0 Å². The number of imide groups is 1. The van der Waals surface area contributed by atoms with Crippen molar-refractivity contribution in [1.29, 1.82) is 5.26 Å². The van der Waals surface area contributed by atoms with E-state index in [9.17, 15) is 14.9 Å². The monoisotopic (exact) mass is 407 g/mol. The molecule has 2 amide bonds. The zero-order chi connectivity index (χ0) is 19.6. The molecule has 3 atom stereocenters. The minimum Gasteiger partial charge on any atom is -0.321 e. The molecule has 0 radical (unpaired) electrons. The van der Waals surface area contributed by atoms with Gasteiger partial charge < -0.3 is 4.90 Å². The SMILES string of the molecule is CN1C(=O)[C@H]2[C@@H](C1=O)N1C(=C(C#N)[C@H]2c2ccc(Cl)cc2)Sc2ccccc21. The third kappa shape index (κ3) is 2.20. The average molecular weight is 408 g/mol. The molecule has 0 bridgehead atoms. The van der Waals surface area contributed by atoms with Gasteiger partial charge >= 0.3 is 0 Å². The number of thioether (sulfide) groups is 1. The highest BCUT2D eigenvalue weighted by molar-refractivity contribution is 8.03. The number of anilines is 1. The van der Waals surface area contributed by atoms with E-state index in [0.717, 1.165) is 21.2 Å². The van der Waals surface area contributed by atoms with Crippen LogP contribution in [-0.2, 0) is 9.59 Å². The Kier molecular flexibility index (Phi) is 3.80. The molecule has 5 nitrogen and oxygen atoms in total. The van der Waals surface area contributed by atoms with Crippen LogP contribution in [0.1, 0.15) is 11.5 Å². The summed E-state index contributed by atoms with van der Waals surface area (Å²) in [7, 11) is 1.52. The molecule has 0 unspecified atom stereocenters. The lowest BCUT2D eigenvalue weighted by atomic mass is 9.75. The maximum Gasteiger partial charge on any atom is 0.252 e. The molecule has 5 rings (SSSR count). The van der Waals surface area contributed by atoms with Gasteiger partial charge in [0.1, 0.15) is 6.04 Å². The molecule has 3 aliphatic rings. The number of carbonyl (C=O) groups excluding carboxylic acids is 2.